The molecule has 0 unspecified atom stereocenters. The van der Waals surface area contributed by atoms with Crippen molar-refractivity contribution < 1.29 is 0 Å². The molecule has 3 saturated carbocycles. The van der Waals surface area contributed by atoms with Gasteiger partial charge in [0.2, 0.25) is 0 Å². The van der Waals surface area contributed by atoms with E-state index in [1.165, 1.54) is 96.3 Å². The Morgan fingerprint density at radius 3 is 1.80 bits per heavy atom. The van der Waals surface area contributed by atoms with E-state index in [2.05, 4.69) is 19.9 Å². The molecule has 0 radical (unpaired) electrons. The molecule has 0 aromatic heterocycles. The van der Waals surface area contributed by atoms with Crippen LogP contribution in [0.5, 0.6) is 0 Å². The quantitative estimate of drug-likeness (QED) is 0.506. The predicted octanol–water partition coefficient (Wildman–Crippen LogP) is 7.51. The van der Waals surface area contributed by atoms with Gasteiger partial charge in [-0.05, 0) is 93.8 Å². The van der Waals surface area contributed by atoms with Crippen LogP contribution in [0.4, 0.5) is 0 Å². The van der Waals surface area contributed by atoms with E-state index >= 15 is 0 Å². The Morgan fingerprint density at radius 1 is 0.760 bits per heavy atom. The third-order valence-corrected chi connectivity index (χ3v) is 8.61. The molecule has 0 spiro atoms. The van der Waals surface area contributed by atoms with Crippen LogP contribution in [0.3, 0.4) is 0 Å². The summed E-state index contributed by atoms with van der Waals surface area (Å²) >= 11 is 0. The number of nitrogens with zero attached hydrogens (tertiary/aromatic N) is 1. The van der Waals surface area contributed by atoms with Gasteiger partial charge in [-0.3, -0.25) is 0 Å². The second-order valence-corrected chi connectivity index (χ2v) is 9.80. The third-order valence-electron chi connectivity index (χ3n) is 8.61. The van der Waals surface area contributed by atoms with Crippen molar-refractivity contribution in [2.45, 2.75) is 110 Å². The standard InChI is InChI=1S/C24H41N/c1-3-5-20-6-8-21(9-7-20)22-10-12-23(13-11-22)24(18-25)16-14-19(4-2)15-17-24/h19-23H,3-17H2,1-2H3. The van der Waals surface area contributed by atoms with E-state index < -0.39 is 0 Å². The van der Waals surface area contributed by atoms with E-state index in [9.17, 15) is 5.26 Å². The first-order valence-electron chi connectivity index (χ1n) is 11.6. The van der Waals surface area contributed by atoms with Crippen molar-refractivity contribution in [2.75, 3.05) is 0 Å². The molecule has 3 fully saturated rings. The summed E-state index contributed by atoms with van der Waals surface area (Å²) < 4.78 is 0. The van der Waals surface area contributed by atoms with Gasteiger partial charge < -0.3 is 0 Å². The maximum atomic E-state index is 10.00. The maximum absolute atomic E-state index is 10.00. The molecule has 0 atom stereocenters. The van der Waals surface area contributed by atoms with Crippen LogP contribution in [-0.2, 0) is 0 Å². The number of hydrogen-bond donors (Lipinski definition) is 0. The van der Waals surface area contributed by atoms with Gasteiger partial charge in [0.1, 0.15) is 0 Å². The highest BCUT2D eigenvalue weighted by molar-refractivity contribution is 5.06. The minimum Gasteiger partial charge on any atom is -0.198 e. The highest BCUT2D eigenvalue weighted by Gasteiger charge is 2.44. The van der Waals surface area contributed by atoms with Crippen molar-refractivity contribution in [3.8, 4) is 6.07 Å². The molecule has 0 heterocycles. The van der Waals surface area contributed by atoms with Crippen LogP contribution in [0.25, 0.3) is 0 Å². The van der Waals surface area contributed by atoms with Gasteiger partial charge >= 0.3 is 0 Å². The lowest BCUT2D eigenvalue weighted by Gasteiger charge is -2.45. The molecule has 0 aromatic rings. The summed E-state index contributed by atoms with van der Waals surface area (Å²) in [4.78, 5) is 0. The lowest BCUT2D eigenvalue weighted by atomic mass is 9.58. The van der Waals surface area contributed by atoms with Gasteiger partial charge in [0, 0.05) is 0 Å². The van der Waals surface area contributed by atoms with Gasteiger partial charge in [-0.15, -0.1) is 0 Å². The number of hydrogen-bond acceptors (Lipinski definition) is 1. The number of rotatable bonds is 5. The largest absolute Gasteiger partial charge is 0.198 e. The molecular formula is C24H41N. The Kier molecular flexibility index (Phi) is 6.87. The van der Waals surface area contributed by atoms with Crippen LogP contribution in [0.2, 0.25) is 0 Å². The monoisotopic (exact) mass is 343 g/mol. The Hall–Kier alpha value is -0.510. The van der Waals surface area contributed by atoms with Crippen LogP contribution in [0.1, 0.15) is 110 Å². The van der Waals surface area contributed by atoms with Crippen molar-refractivity contribution >= 4 is 0 Å². The van der Waals surface area contributed by atoms with E-state index in [0.29, 0.717) is 5.92 Å². The van der Waals surface area contributed by atoms with Gasteiger partial charge in [-0.25, -0.2) is 0 Å². The zero-order valence-corrected chi connectivity index (χ0v) is 16.9. The first-order chi connectivity index (χ1) is 12.2. The molecule has 142 valence electrons. The van der Waals surface area contributed by atoms with Crippen LogP contribution >= 0.6 is 0 Å². The fourth-order valence-corrected chi connectivity index (χ4v) is 6.71. The second-order valence-electron chi connectivity index (χ2n) is 9.80. The summed E-state index contributed by atoms with van der Waals surface area (Å²) in [6.45, 7) is 4.66. The molecule has 0 aromatic carbocycles. The smallest absolute Gasteiger partial charge is 0.0692 e. The van der Waals surface area contributed by atoms with Crippen LogP contribution < -0.4 is 0 Å². The van der Waals surface area contributed by atoms with Crippen molar-refractivity contribution in [3.05, 3.63) is 0 Å². The van der Waals surface area contributed by atoms with E-state index in [1.54, 1.807) is 0 Å². The molecule has 3 aliphatic rings. The molecule has 3 aliphatic carbocycles. The maximum Gasteiger partial charge on any atom is 0.0692 e. The lowest BCUT2D eigenvalue weighted by molar-refractivity contribution is 0.0657. The Labute approximate surface area is 157 Å². The molecule has 0 bridgehead atoms. The molecular weight excluding hydrogens is 302 g/mol. The molecule has 0 aliphatic heterocycles. The highest BCUT2D eigenvalue weighted by Crippen LogP contribution is 2.52. The van der Waals surface area contributed by atoms with Gasteiger partial charge in [-0.1, -0.05) is 46.0 Å². The van der Waals surface area contributed by atoms with Gasteiger partial charge in [0.15, 0.2) is 0 Å². The summed E-state index contributed by atoms with van der Waals surface area (Å²) in [7, 11) is 0. The van der Waals surface area contributed by atoms with E-state index in [0.717, 1.165) is 23.7 Å². The molecule has 0 N–H and O–H groups in total. The average Bonchev–Trinajstić information content (AvgIpc) is 2.69. The lowest BCUT2D eigenvalue weighted by Crippen LogP contribution is -2.37. The van der Waals surface area contributed by atoms with Gasteiger partial charge in [0.05, 0.1) is 11.5 Å². The molecule has 1 nitrogen and oxygen atoms in total. The van der Waals surface area contributed by atoms with Crippen LogP contribution in [-0.4, -0.2) is 0 Å². The van der Waals surface area contributed by atoms with Crippen molar-refractivity contribution in [3.63, 3.8) is 0 Å². The Bertz CT molecular complexity index is 424. The summed E-state index contributed by atoms with van der Waals surface area (Å²) in [5.74, 6) is 4.65. The van der Waals surface area contributed by atoms with Gasteiger partial charge in [0.25, 0.3) is 0 Å². The number of nitriles is 1. The van der Waals surface area contributed by atoms with Crippen molar-refractivity contribution in [1.82, 2.24) is 0 Å². The van der Waals surface area contributed by atoms with Crippen LogP contribution in [0, 0.1) is 46.3 Å². The summed E-state index contributed by atoms with van der Waals surface area (Å²) in [6.07, 6.45) is 20.7. The summed E-state index contributed by atoms with van der Waals surface area (Å²) in [5.41, 5.74) is 0.0510. The minimum atomic E-state index is 0.0510. The average molecular weight is 344 g/mol. The zero-order chi connectivity index (χ0) is 17.7. The molecule has 3 rings (SSSR count). The van der Waals surface area contributed by atoms with Crippen molar-refractivity contribution in [1.29, 1.82) is 5.26 Å². The topological polar surface area (TPSA) is 23.8 Å². The molecule has 1 heteroatoms. The summed E-state index contributed by atoms with van der Waals surface area (Å²) in [6, 6.07) is 2.85. The minimum absolute atomic E-state index is 0.0510. The summed E-state index contributed by atoms with van der Waals surface area (Å²) in [5, 5.41) is 10.00. The van der Waals surface area contributed by atoms with E-state index in [4.69, 9.17) is 0 Å². The highest BCUT2D eigenvalue weighted by atomic mass is 14.5. The normalized spacial score (nSPS) is 42.7. The fourth-order valence-electron chi connectivity index (χ4n) is 6.71. The third kappa shape index (κ3) is 4.43. The molecule has 0 saturated heterocycles. The molecule has 25 heavy (non-hydrogen) atoms. The second kappa shape index (κ2) is 8.92. The SMILES string of the molecule is CCCC1CCC(C2CCC(C3(C#N)CCC(CC)CC3)CC2)CC1. The fraction of sp³-hybridized carbons (Fsp3) is 0.958. The Morgan fingerprint density at radius 2 is 1.32 bits per heavy atom. The predicted molar refractivity (Wildman–Crippen MR) is 106 cm³/mol. The zero-order valence-electron chi connectivity index (χ0n) is 16.9. The van der Waals surface area contributed by atoms with E-state index in [-0.39, 0.29) is 5.41 Å². The first-order valence-corrected chi connectivity index (χ1v) is 11.6. The van der Waals surface area contributed by atoms with Gasteiger partial charge in [-0.2, -0.15) is 5.26 Å². The van der Waals surface area contributed by atoms with Crippen molar-refractivity contribution in [2.24, 2.45) is 35.0 Å². The first kappa shape index (κ1) is 19.3. The van der Waals surface area contributed by atoms with Crippen LogP contribution in [0.15, 0.2) is 0 Å². The Balaban J connectivity index is 1.48. The molecule has 0 amide bonds. The van der Waals surface area contributed by atoms with E-state index in [1.807, 2.05) is 0 Å².